The number of nitro groups is 1. The van der Waals surface area contributed by atoms with Crippen LogP contribution in [0.15, 0.2) is 36.4 Å². The van der Waals surface area contributed by atoms with E-state index in [0.717, 1.165) is 0 Å². The quantitative estimate of drug-likeness (QED) is 0.350. The van der Waals surface area contributed by atoms with Gasteiger partial charge in [0.05, 0.1) is 40.0 Å². The lowest BCUT2D eigenvalue weighted by Gasteiger charge is -2.20. The number of ether oxygens (including phenoxy) is 2. The molecule has 130 valence electrons. The normalized spacial score (nSPS) is 36.5. The van der Waals surface area contributed by atoms with Gasteiger partial charge >= 0.3 is 0 Å². The fourth-order valence-corrected chi connectivity index (χ4v) is 4.84. The van der Waals surface area contributed by atoms with Crippen molar-refractivity contribution in [1.29, 1.82) is 0 Å². The van der Waals surface area contributed by atoms with Crippen LogP contribution in [0.25, 0.3) is 10.8 Å². The van der Waals surface area contributed by atoms with Crippen LogP contribution in [0.2, 0.25) is 0 Å². The highest BCUT2D eigenvalue weighted by Crippen LogP contribution is 2.57. The second-order valence-corrected chi connectivity index (χ2v) is 7.10. The van der Waals surface area contributed by atoms with Crippen LogP contribution < -0.4 is 4.90 Å². The van der Waals surface area contributed by atoms with Gasteiger partial charge in [0.15, 0.2) is 0 Å². The second kappa shape index (κ2) is 4.46. The summed E-state index contributed by atoms with van der Waals surface area (Å²) in [4.78, 5) is 38.1. The average molecular weight is 352 g/mol. The van der Waals surface area contributed by atoms with Gasteiger partial charge in [-0.25, -0.2) is 4.90 Å². The first-order chi connectivity index (χ1) is 12.6. The Bertz CT molecular complexity index is 1000. The van der Waals surface area contributed by atoms with Crippen molar-refractivity contribution in [2.24, 2.45) is 11.8 Å². The molecule has 0 radical (unpaired) electrons. The summed E-state index contributed by atoms with van der Waals surface area (Å²) in [6.45, 7) is 0. The van der Waals surface area contributed by atoms with E-state index in [1.807, 2.05) is 0 Å². The van der Waals surface area contributed by atoms with E-state index in [4.69, 9.17) is 9.47 Å². The predicted molar refractivity (Wildman–Crippen MR) is 87.4 cm³/mol. The number of hydrogen-bond acceptors (Lipinski definition) is 6. The molecule has 4 heterocycles. The molecule has 0 N–H and O–H groups in total. The Labute approximate surface area is 146 Å². The molecule has 0 aromatic heterocycles. The molecule has 2 amide bonds. The summed E-state index contributed by atoms with van der Waals surface area (Å²) >= 11 is 0. The summed E-state index contributed by atoms with van der Waals surface area (Å²) < 4.78 is 11.3. The number of nitrogens with zero attached hydrogens (tertiary/aromatic N) is 2. The molecule has 2 aromatic rings. The van der Waals surface area contributed by atoms with Crippen LogP contribution in [0, 0.1) is 22.0 Å². The zero-order chi connectivity index (χ0) is 17.7. The van der Waals surface area contributed by atoms with Crippen LogP contribution in [0.3, 0.4) is 0 Å². The molecular weight excluding hydrogens is 340 g/mol. The largest absolute Gasteiger partial charge is 0.368 e. The predicted octanol–water partition coefficient (Wildman–Crippen LogP) is 1.40. The molecule has 8 heteroatoms. The Hall–Kier alpha value is -2.84. The Morgan fingerprint density at radius 1 is 0.846 bits per heavy atom. The zero-order valence-electron chi connectivity index (χ0n) is 13.3. The minimum absolute atomic E-state index is 0.0540. The van der Waals surface area contributed by atoms with E-state index in [1.165, 1.54) is 17.0 Å². The number of fused-ring (bicyclic) bond motifs is 9. The SMILES string of the molecule is O=C1[C@@H]2[C@@H]3O[C@@H]([C@H]4O[C@H]43)[C@@H]2C(=O)N1c1ccc([N+](=O)[O-])c2ccccc12. The van der Waals surface area contributed by atoms with E-state index in [1.54, 1.807) is 24.3 Å². The van der Waals surface area contributed by atoms with Gasteiger partial charge in [0.2, 0.25) is 11.8 Å². The van der Waals surface area contributed by atoms with Crippen LogP contribution in [0.1, 0.15) is 0 Å². The van der Waals surface area contributed by atoms with Crippen molar-refractivity contribution in [2.75, 3.05) is 4.90 Å². The van der Waals surface area contributed by atoms with Crippen LogP contribution >= 0.6 is 0 Å². The molecule has 2 bridgehead atoms. The molecule has 0 aliphatic carbocycles. The Balaban J connectivity index is 1.50. The van der Waals surface area contributed by atoms with E-state index in [9.17, 15) is 19.7 Å². The molecule has 0 unspecified atom stereocenters. The first-order valence-corrected chi connectivity index (χ1v) is 8.43. The zero-order valence-corrected chi connectivity index (χ0v) is 13.3. The Morgan fingerprint density at radius 2 is 1.42 bits per heavy atom. The lowest BCUT2D eigenvalue weighted by Crippen LogP contribution is -2.35. The number of amides is 2. The van der Waals surface area contributed by atoms with Gasteiger partial charge in [0, 0.05) is 11.5 Å². The van der Waals surface area contributed by atoms with Gasteiger partial charge in [-0.15, -0.1) is 0 Å². The van der Waals surface area contributed by atoms with Crippen LogP contribution in [-0.2, 0) is 19.1 Å². The molecule has 4 aliphatic heterocycles. The van der Waals surface area contributed by atoms with E-state index in [-0.39, 0.29) is 41.9 Å². The van der Waals surface area contributed by atoms with E-state index >= 15 is 0 Å². The lowest BCUT2D eigenvalue weighted by atomic mass is 9.81. The van der Waals surface area contributed by atoms with E-state index in [2.05, 4.69) is 0 Å². The number of epoxide rings is 1. The molecule has 0 saturated carbocycles. The van der Waals surface area contributed by atoms with Crippen molar-refractivity contribution in [3.63, 3.8) is 0 Å². The number of non-ortho nitro benzene ring substituents is 1. The summed E-state index contributed by atoms with van der Waals surface area (Å²) in [5, 5.41) is 12.2. The summed E-state index contributed by atoms with van der Waals surface area (Å²) in [6.07, 6.45) is -0.875. The third-order valence-corrected chi connectivity index (χ3v) is 5.94. The molecule has 26 heavy (non-hydrogen) atoms. The van der Waals surface area contributed by atoms with Crippen molar-refractivity contribution >= 4 is 34.0 Å². The smallest absolute Gasteiger partial charge is 0.277 e. The molecule has 8 nitrogen and oxygen atoms in total. The van der Waals surface area contributed by atoms with Crippen molar-refractivity contribution in [3.8, 4) is 0 Å². The van der Waals surface area contributed by atoms with Crippen molar-refractivity contribution in [2.45, 2.75) is 24.4 Å². The molecule has 6 atom stereocenters. The lowest BCUT2D eigenvalue weighted by molar-refractivity contribution is -0.383. The molecular formula is C18H12N2O6. The van der Waals surface area contributed by atoms with Gasteiger partial charge in [-0.3, -0.25) is 19.7 Å². The molecule has 4 fully saturated rings. The number of rotatable bonds is 2. The first-order valence-electron chi connectivity index (χ1n) is 8.43. The maximum absolute atomic E-state index is 13.0. The minimum atomic E-state index is -0.523. The van der Waals surface area contributed by atoms with Gasteiger partial charge in [0.25, 0.3) is 5.69 Å². The highest BCUT2D eigenvalue weighted by Gasteiger charge is 2.75. The highest BCUT2D eigenvalue weighted by atomic mass is 16.7. The van der Waals surface area contributed by atoms with Gasteiger partial charge in [0.1, 0.15) is 12.2 Å². The number of anilines is 1. The maximum atomic E-state index is 13.0. The number of benzene rings is 2. The fraction of sp³-hybridized carbons (Fsp3) is 0.333. The number of carbonyl (C=O) groups excluding carboxylic acids is 2. The molecule has 0 spiro atoms. The molecule has 4 saturated heterocycles. The highest BCUT2D eigenvalue weighted by molar-refractivity contribution is 6.26. The molecule has 2 aromatic carbocycles. The third-order valence-electron chi connectivity index (χ3n) is 5.94. The van der Waals surface area contributed by atoms with Crippen molar-refractivity contribution in [1.82, 2.24) is 0 Å². The third kappa shape index (κ3) is 1.52. The number of nitro benzene ring substituents is 1. The summed E-state index contributed by atoms with van der Waals surface area (Å²) in [6, 6.07) is 9.57. The second-order valence-electron chi connectivity index (χ2n) is 7.10. The maximum Gasteiger partial charge on any atom is 0.277 e. The average Bonchev–Trinajstić information content (AvgIpc) is 3.15. The number of carbonyl (C=O) groups is 2. The summed E-state index contributed by atoms with van der Waals surface area (Å²) in [7, 11) is 0. The monoisotopic (exact) mass is 352 g/mol. The summed E-state index contributed by atoms with van der Waals surface area (Å²) in [5.74, 6) is -1.66. The van der Waals surface area contributed by atoms with Gasteiger partial charge < -0.3 is 9.47 Å². The van der Waals surface area contributed by atoms with Crippen molar-refractivity contribution in [3.05, 3.63) is 46.5 Å². The topological polar surface area (TPSA) is 102 Å². The van der Waals surface area contributed by atoms with Gasteiger partial charge in [-0.2, -0.15) is 0 Å². The van der Waals surface area contributed by atoms with Crippen LogP contribution in [-0.4, -0.2) is 41.2 Å². The first kappa shape index (κ1) is 14.3. The standard InChI is InChI=1S/C18H12N2O6/c21-17-11-12(14-16-15(26-16)13(11)25-14)18(22)19(17)9-5-6-10(20(23)24)8-4-2-1-3-7(8)9/h1-6,11-16H/t11-,12+,13-,14+,15-,16+. The van der Waals surface area contributed by atoms with E-state index in [0.29, 0.717) is 16.5 Å². The number of imide groups is 1. The van der Waals surface area contributed by atoms with Crippen LogP contribution in [0.4, 0.5) is 11.4 Å². The molecule has 4 aliphatic rings. The van der Waals surface area contributed by atoms with Gasteiger partial charge in [-0.1, -0.05) is 18.2 Å². The van der Waals surface area contributed by atoms with Gasteiger partial charge in [-0.05, 0) is 12.1 Å². The number of hydrogen-bond donors (Lipinski definition) is 0. The minimum Gasteiger partial charge on any atom is -0.368 e. The Morgan fingerprint density at radius 3 is 2.04 bits per heavy atom. The Kier molecular flexibility index (Phi) is 2.46. The molecule has 6 rings (SSSR count). The van der Waals surface area contributed by atoms with Crippen LogP contribution in [0.5, 0.6) is 0 Å². The van der Waals surface area contributed by atoms with Crippen molar-refractivity contribution < 1.29 is 24.0 Å². The van der Waals surface area contributed by atoms with E-state index < -0.39 is 16.8 Å². The summed E-state index contributed by atoms with van der Waals surface area (Å²) in [5.41, 5.74) is 0.339. The fourth-order valence-electron chi connectivity index (χ4n) is 4.84.